The second kappa shape index (κ2) is 11.1. The minimum absolute atomic E-state index is 0.225. The molecule has 2 aromatic carbocycles. The molecule has 0 bridgehead atoms. The molecule has 0 spiro atoms. The summed E-state index contributed by atoms with van der Waals surface area (Å²) >= 11 is 9.17. The van der Waals surface area contributed by atoms with Crippen molar-refractivity contribution in [2.75, 3.05) is 6.61 Å². The Kier molecular flexibility index (Phi) is 8.03. The van der Waals surface area contributed by atoms with Gasteiger partial charge in [-0.2, -0.15) is 5.10 Å². The average molecular weight is 504 g/mol. The highest BCUT2D eigenvalue weighted by atomic mass is 79.9. The molecule has 0 saturated heterocycles. The van der Waals surface area contributed by atoms with Gasteiger partial charge in [-0.1, -0.05) is 23.7 Å². The molecule has 0 saturated carbocycles. The summed E-state index contributed by atoms with van der Waals surface area (Å²) in [6.07, 6.45) is 5.70. The Morgan fingerprint density at radius 2 is 2.03 bits per heavy atom. The van der Waals surface area contributed by atoms with Crippen molar-refractivity contribution in [1.29, 1.82) is 0 Å². The zero-order valence-corrected chi connectivity index (χ0v) is 18.3. The number of rotatable bonds is 8. The van der Waals surface area contributed by atoms with Gasteiger partial charge in [0, 0.05) is 11.1 Å². The molecule has 0 fully saturated rings. The van der Waals surface area contributed by atoms with Crippen LogP contribution in [0.4, 0.5) is 0 Å². The number of halogens is 2. The van der Waals surface area contributed by atoms with Crippen molar-refractivity contribution in [2.45, 2.75) is 0 Å². The normalized spacial score (nSPS) is 11.0. The molecule has 0 aliphatic carbocycles. The number of carbonyl (C=O) groups excluding carboxylic acids is 2. The summed E-state index contributed by atoms with van der Waals surface area (Å²) in [5, 5.41) is 4.43. The molecule has 3 rings (SSSR count). The van der Waals surface area contributed by atoms with E-state index in [0.29, 0.717) is 32.3 Å². The Labute approximate surface area is 191 Å². The molecule has 9 heteroatoms. The number of ether oxygens (including phenoxy) is 2. The molecule has 1 aromatic heterocycles. The Morgan fingerprint density at radius 1 is 1.16 bits per heavy atom. The van der Waals surface area contributed by atoms with Crippen molar-refractivity contribution in [3.63, 3.8) is 0 Å². The van der Waals surface area contributed by atoms with Crippen LogP contribution < -0.4 is 14.9 Å². The smallest absolute Gasteiger partial charge is 0.336 e. The predicted octanol–water partition coefficient (Wildman–Crippen LogP) is 4.84. The Balaban J connectivity index is 1.48. The SMILES string of the molecule is O=C(COc1ccc(Cl)cc1Br)N/N=C/c1cccc(OC(=O)/C=C/c2ccco2)c1. The van der Waals surface area contributed by atoms with E-state index in [1.165, 1.54) is 24.6 Å². The van der Waals surface area contributed by atoms with Gasteiger partial charge in [0.05, 0.1) is 17.0 Å². The maximum atomic E-state index is 11.9. The molecule has 7 nitrogen and oxygen atoms in total. The lowest BCUT2D eigenvalue weighted by Gasteiger charge is -2.07. The fourth-order valence-electron chi connectivity index (χ4n) is 2.29. The van der Waals surface area contributed by atoms with Crippen LogP contribution in [0.5, 0.6) is 11.5 Å². The van der Waals surface area contributed by atoms with Crippen LogP contribution in [-0.4, -0.2) is 24.7 Å². The molecular weight excluding hydrogens is 488 g/mol. The largest absolute Gasteiger partial charge is 0.483 e. The highest BCUT2D eigenvalue weighted by Crippen LogP contribution is 2.27. The summed E-state index contributed by atoms with van der Waals surface area (Å²) in [6, 6.07) is 15.1. The number of carbonyl (C=O) groups is 2. The van der Waals surface area contributed by atoms with Gasteiger partial charge in [-0.15, -0.1) is 0 Å². The predicted molar refractivity (Wildman–Crippen MR) is 120 cm³/mol. The van der Waals surface area contributed by atoms with Gasteiger partial charge >= 0.3 is 5.97 Å². The lowest BCUT2D eigenvalue weighted by atomic mass is 10.2. The van der Waals surface area contributed by atoms with Crippen LogP contribution in [0.15, 0.2) is 80.9 Å². The Bertz CT molecular complexity index is 1110. The first-order valence-corrected chi connectivity index (χ1v) is 10.1. The van der Waals surface area contributed by atoms with Crippen molar-refractivity contribution in [2.24, 2.45) is 5.10 Å². The second-order valence-electron chi connectivity index (χ2n) is 6.00. The van der Waals surface area contributed by atoms with Crippen LogP contribution in [0.1, 0.15) is 11.3 Å². The number of benzene rings is 2. The Hall–Kier alpha value is -3.36. The number of esters is 1. The van der Waals surface area contributed by atoms with Crippen LogP contribution in [0.2, 0.25) is 5.02 Å². The van der Waals surface area contributed by atoms with Gasteiger partial charge in [0.1, 0.15) is 17.3 Å². The average Bonchev–Trinajstić information content (AvgIpc) is 3.26. The number of amides is 1. The van der Waals surface area contributed by atoms with Crippen LogP contribution in [0.3, 0.4) is 0 Å². The molecule has 31 heavy (non-hydrogen) atoms. The van der Waals surface area contributed by atoms with E-state index < -0.39 is 11.9 Å². The second-order valence-corrected chi connectivity index (χ2v) is 7.29. The number of nitrogens with zero attached hydrogens (tertiary/aromatic N) is 1. The van der Waals surface area contributed by atoms with E-state index in [2.05, 4.69) is 26.5 Å². The number of hydrogen-bond acceptors (Lipinski definition) is 6. The third-order valence-corrected chi connectivity index (χ3v) is 4.51. The minimum Gasteiger partial charge on any atom is -0.483 e. The standard InChI is InChI=1S/C22H16BrClN2O5/c23-19-12-16(24)6-8-20(19)30-14-21(27)26-25-13-15-3-1-4-18(11-15)31-22(28)9-7-17-5-2-10-29-17/h1-13H,14H2,(H,26,27)/b9-7+,25-13+. The third kappa shape index (κ3) is 7.44. The zero-order valence-electron chi connectivity index (χ0n) is 16.0. The number of nitrogens with one attached hydrogen (secondary N) is 1. The first-order chi connectivity index (χ1) is 15.0. The molecule has 0 radical (unpaired) electrons. The number of hydrogen-bond donors (Lipinski definition) is 1. The summed E-state index contributed by atoms with van der Waals surface area (Å²) < 4.78 is 16.4. The van der Waals surface area contributed by atoms with Gasteiger partial charge < -0.3 is 13.9 Å². The van der Waals surface area contributed by atoms with Crippen LogP contribution >= 0.6 is 27.5 Å². The van der Waals surface area contributed by atoms with Gasteiger partial charge in [0.15, 0.2) is 6.61 Å². The van der Waals surface area contributed by atoms with Gasteiger partial charge in [-0.3, -0.25) is 4.79 Å². The minimum atomic E-state index is -0.552. The van der Waals surface area contributed by atoms with Crippen LogP contribution in [-0.2, 0) is 9.59 Å². The first-order valence-electron chi connectivity index (χ1n) is 8.93. The number of furan rings is 1. The summed E-state index contributed by atoms with van der Waals surface area (Å²) in [7, 11) is 0. The molecule has 0 atom stereocenters. The van der Waals surface area contributed by atoms with E-state index in [0.717, 1.165) is 0 Å². The fourth-order valence-corrected chi connectivity index (χ4v) is 3.09. The molecule has 0 unspecified atom stereocenters. The van der Waals surface area contributed by atoms with Gasteiger partial charge in [-0.25, -0.2) is 10.2 Å². The highest BCUT2D eigenvalue weighted by molar-refractivity contribution is 9.10. The monoisotopic (exact) mass is 502 g/mol. The molecule has 1 heterocycles. The van der Waals surface area contributed by atoms with E-state index in [9.17, 15) is 9.59 Å². The molecule has 3 aromatic rings. The highest BCUT2D eigenvalue weighted by Gasteiger charge is 2.06. The third-order valence-electron chi connectivity index (χ3n) is 3.66. The topological polar surface area (TPSA) is 90.1 Å². The summed E-state index contributed by atoms with van der Waals surface area (Å²) in [5.41, 5.74) is 2.99. The first kappa shape index (κ1) is 22.3. The lowest BCUT2D eigenvalue weighted by Crippen LogP contribution is -2.24. The van der Waals surface area contributed by atoms with E-state index in [-0.39, 0.29) is 6.61 Å². The van der Waals surface area contributed by atoms with Gasteiger partial charge in [0.2, 0.25) is 0 Å². The lowest BCUT2D eigenvalue weighted by molar-refractivity contribution is -0.129. The van der Waals surface area contributed by atoms with Crippen LogP contribution in [0.25, 0.3) is 6.08 Å². The molecule has 0 aliphatic rings. The number of hydrazone groups is 1. The summed E-state index contributed by atoms with van der Waals surface area (Å²) in [4.78, 5) is 23.8. The van der Waals surface area contributed by atoms with Crippen molar-refractivity contribution >= 4 is 51.7 Å². The van der Waals surface area contributed by atoms with E-state index in [4.69, 9.17) is 25.5 Å². The van der Waals surface area contributed by atoms with Gasteiger partial charge in [0.25, 0.3) is 5.91 Å². The summed E-state index contributed by atoms with van der Waals surface area (Å²) in [6.45, 7) is -0.225. The van der Waals surface area contributed by atoms with Crippen molar-refractivity contribution in [1.82, 2.24) is 5.43 Å². The zero-order chi connectivity index (χ0) is 22.1. The fraction of sp³-hybridized carbons (Fsp3) is 0.0455. The van der Waals surface area contributed by atoms with Crippen molar-refractivity contribution < 1.29 is 23.5 Å². The van der Waals surface area contributed by atoms with E-state index in [1.54, 1.807) is 54.6 Å². The van der Waals surface area contributed by atoms with E-state index in [1.807, 2.05) is 0 Å². The maximum absolute atomic E-state index is 11.9. The van der Waals surface area contributed by atoms with Crippen LogP contribution in [0, 0.1) is 0 Å². The molecular formula is C22H16BrClN2O5. The molecule has 1 amide bonds. The summed E-state index contributed by atoms with van der Waals surface area (Å²) in [5.74, 6) is 0.369. The van der Waals surface area contributed by atoms with Crippen molar-refractivity contribution in [3.05, 3.63) is 87.8 Å². The quantitative estimate of drug-likeness (QED) is 0.156. The van der Waals surface area contributed by atoms with Gasteiger partial charge in [-0.05, 0) is 70.0 Å². The molecule has 1 N–H and O–H groups in total. The Morgan fingerprint density at radius 3 is 2.81 bits per heavy atom. The van der Waals surface area contributed by atoms with Crippen molar-refractivity contribution in [3.8, 4) is 11.5 Å². The van der Waals surface area contributed by atoms with E-state index >= 15 is 0 Å². The molecule has 158 valence electrons. The maximum Gasteiger partial charge on any atom is 0.336 e. The molecule has 0 aliphatic heterocycles.